The van der Waals surface area contributed by atoms with Gasteiger partial charge in [-0.05, 0) is 35.4 Å². The van der Waals surface area contributed by atoms with Gasteiger partial charge in [0.2, 0.25) is 0 Å². The highest BCUT2D eigenvalue weighted by Crippen LogP contribution is 2.15. The number of hydrogen-bond acceptors (Lipinski definition) is 3. The molecular weight excluding hydrogens is 348 g/mol. The van der Waals surface area contributed by atoms with Gasteiger partial charge in [-0.25, -0.2) is 5.43 Å². The fourth-order valence-corrected chi connectivity index (χ4v) is 2.52. The molecule has 0 radical (unpaired) electrons. The van der Waals surface area contributed by atoms with Crippen LogP contribution in [-0.4, -0.2) is 12.1 Å². The quantitative estimate of drug-likeness (QED) is 0.510. The largest absolute Gasteiger partial charge is 0.489 e. The molecule has 0 aliphatic carbocycles. The Morgan fingerprint density at radius 3 is 2.58 bits per heavy atom. The van der Waals surface area contributed by atoms with Gasteiger partial charge in [-0.1, -0.05) is 66.2 Å². The Morgan fingerprint density at radius 2 is 1.77 bits per heavy atom. The van der Waals surface area contributed by atoms with Crippen molar-refractivity contribution in [2.75, 3.05) is 0 Å². The van der Waals surface area contributed by atoms with Gasteiger partial charge in [-0.15, -0.1) is 0 Å². The Kier molecular flexibility index (Phi) is 6.01. The molecule has 0 heterocycles. The first kappa shape index (κ1) is 17.7. The van der Waals surface area contributed by atoms with E-state index in [0.29, 0.717) is 17.2 Å². The topological polar surface area (TPSA) is 50.7 Å². The summed E-state index contributed by atoms with van der Waals surface area (Å²) < 4.78 is 5.78. The van der Waals surface area contributed by atoms with Crippen LogP contribution >= 0.6 is 11.6 Å². The molecule has 0 aliphatic heterocycles. The second-order valence-corrected chi connectivity index (χ2v) is 5.93. The van der Waals surface area contributed by atoms with E-state index in [1.54, 1.807) is 30.5 Å². The van der Waals surface area contributed by atoms with Crippen molar-refractivity contribution in [3.8, 4) is 5.75 Å². The van der Waals surface area contributed by atoms with Crippen LogP contribution in [0.5, 0.6) is 5.75 Å². The fraction of sp³-hybridized carbons (Fsp3) is 0.0476. The molecule has 130 valence electrons. The van der Waals surface area contributed by atoms with E-state index in [4.69, 9.17) is 16.3 Å². The second-order valence-electron chi connectivity index (χ2n) is 5.53. The summed E-state index contributed by atoms with van der Waals surface area (Å²) in [5.41, 5.74) is 4.76. The van der Waals surface area contributed by atoms with Crippen LogP contribution in [0.1, 0.15) is 21.5 Å². The SMILES string of the molecule is O=C(N/N=C/c1cccc(OCc2ccccc2)c1)c1ccccc1Cl. The van der Waals surface area contributed by atoms with Crippen LogP contribution in [0.4, 0.5) is 0 Å². The van der Waals surface area contributed by atoms with Gasteiger partial charge in [0, 0.05) is 0 Å². The molecule has 0 unspecified atom stereocenters. The van der Waals surface area contributed by atoms with Gasteiger partial charge in [-0.2, -0.15) is 5.10 Å². The zero-order valence-electron chi connectivity index (χ0n) is 13.9. The van der Waals surface area contributed by atoms with Crippen LogP contribution in [0, 0.1) is 0 Å². The molecule has 0 saturated carbocycles. The first-order valence-electron chi connectivity index (χ1n) is 8.07. The monoisotopic (exact) mass is 364 g/mol. The predicted molar refractivity (Wildman–Crippen MR) is 104 cm³/mol. The third-order valence-electron chi connectivity index (χ3n) is 3.60. The van der Waals surface area contributed by atoms with Crippen LogP contribution in [-0.2, 0) is 6.61 Å². The van der Waals surface area contributed by atoms with E-state index in [0.717, 1.165) is 16.9 Å². The van der Waals surface area contributed by atoms with Crippen molar-refractivity contribution in [3.63, 3.8) is 0 Å². The number of nitrogens with zero attached hydrogens (tertiary/aromatic N) is 1. The lowest BCUT2D eigenvalue weighted by atomic mass is 10.2. The third kappa shape index (κ3) is 4.94. The summed E-state index contributed by atoms with van der Waals surface area (Å²) in [6.45, 7) is 0.491. The van der Waals surface area contributed by atoms with Gasteiger partial charge in [0.15, 0.2) is 0 Å². The molecule has 0 saturated heterocycles. The molecule has 0 bridgehead atoms. The average molecular weight is 365 g/mol. The number of hydrogen-bond donors (Lipinski definition) is 1. The predicted octanol–water partition coefficient (Wildman–Crippen LogP) is 4.68. The zero-order valence-corrected chi connectivity index (χ0v) is 14.7. The van der Waals surface area contributed by atoms with Gasteiger partial charge in [0.25, 0.3) is 5.91 Å². The summed E-state index contributed by atoms with van der Waals surface area (Å²) in [6, 6.07) is 24.2. The third-order valence-corrected chi connectivity index (χ3v) is 3.93. The summed E-state index contributed by atoms with van der Waals surface area (Å²) in [5.74, 6) is 0.374. The highest BCUT2D eigenvalue weighted by Gasteiger charge is 2.07. The van der Waals surface area contributed by atoms with Gasteiger partial charge >= 0.3 is 0 Å². The minimum atomic E-state index is -0.358. The van der Waals surface area contributed by atoms with E-state index >= 15 is 0 Å². The van der Waals surface area contributed by atoms with E-state index < -0.39 is 0 Å². The molecule has 3 aromatic rings. The molecule has 3 rings (SSSR count). The molecule has 0 aliphatic rings. The minimum Gasteiger partial charge on any atom is -0.489 e. The maximum absolute atomic E-state index is 12.0. The number of benzene rings is 3. The standard InChI is InChI=1S/C21H17ClN2O2/c22-20-12-5-4-11-19(20)21(25)24-23-14-17-9-6-10-18(13-17)26-15-16-7-2-1-3-8-16/h1-14H,15H2,(H,24,25)/b23-14+. The molecule has 3 aromatic carbocycles. The van der Waals surface area contributed by atoms with Gasteiger partial charge in [-0.3, -0.25) is 4.79 Å². The number of hydrazone groups is 1. The Bertz CT molecular complexity index is 911. The van der Waals surface area contributed by atoms with Crippen molar-refractivity contribution >= 4 is 23.7 Å². The molecule has 0 atom stereocenters. The van der Waals surface area contributed by atoms with Crippen LogP contribution < -0.4 is 10.2 Å². The number of halogens is 1. The summed E-state index contributed by atoms with van der Waals surface area (Å²) in [4.78, 5) is 12.0. The number of amides is 1. The Labute approximate surface area is 157 Å². The van der Waals surface area contributed by atoms with E-state index in [-0.39, 0.29) is 5.91 Å². The van der Waals surface area contributed by atoms with Crippen LogP contribution in [0.2, 0.25) is 5.02 Å². The van der Waals surface area contributed by atoms with Crippen molar-refractivity contribution in [1.82, 2.24) is 5.43 Å². The van der Waals surface area contributed by atoms with Crippen molar-refractivity contribution in [1.29, 1.82) is 0 Å². The Balaban J connectivity index is 1.59. The number of ether oxygens (including phenoxy) is 1. The molecule has 0 aromatic heterocycles. The van der Waals surface area contributed by atoms with Crippen molar-refractivity contribution in [3.05, 3.63) is 101 Å². The van der Waals surface area contributed by atoms with Gasteiger partial charge < -0.3 is 4.74 Å². The highest BCUT2D eigenvalue weighted by molar-refractivity contribution is 6.33. The number of carbonyl (C=O) groups is 1. The molecule has 0 fully saturated rings. The van der Waals surface area contributed by atoms with E-state index in [9.17, 15) is 4.79 Å². The second kappa shape index (κ2) is 8.83. The molecule has 5 heteroatoms. The van der Waals surface area contributed by atoms with Gasteiger partial charge in [0.1, 0.15) is 12.4 Å². The lowest BCUT2D eigenvalue weighted by molar-refractivity contribution is 0.0955. The molecule has 1 amide bonds. The number of nitrogens with one attached hydrogen (secondary N) is 1. The first-order chi connectivity index (χ1) is 12.7. The maximum atomic E-state index is 12.0. The number of rotatable bonds is 6. The maximum Gasteiger partial charge on any atom is 0.272 e. The molecule has 0 spiro atoms. The summed E-state index contributed by atoms with van der Waals surface area (Å²) in [6.07, 6.45) is 1.56. The molecular formula is C21H17ClN2O2. The first-order valence-corrected chi connectivity index (χ1v) is 8.45. The fourth-order valence-electron chi connectivity index (χ4n) is 2.30. The van der Waals surface area contributed by atoms with E-state index in [2.05, 4.69) is 10.5 Å². The Hall–Kier alpha value is -3.11. The number of carbonyl (C=O) groups excluding carboxylic acids is 1. The van der Waals surface area contributed by atoms with Crippen molar-refractivity contribution in [2.24, 2.45) is 5.10 Å². The normalized spacial score (nSPS) is 10.7. The lowest BCUT2D eigenvalue weighted by Gasteiger charge is -2.06. The summed E-state index contributed by atoms with van der Waals surface area (Å²) >= 11 is 5.99. The van der Waals surface area contributed by atoms with Crippen molar-refractivity contribution < 1.29 is 9.53 Å². The van der Waals surface area contributed by atoms with E-state index in [1.807, 2.05) is 54.6 Å². The van der Waals surface area contributed by atoms with Crippen LogP contribution in [0.3, 0.4) is 0 Å². The van der Waals surface area contributed by atoms with Crippen molar-refractivity contribution in [2.45, 2.75) is 6.61 Å². The lowest BCUT2D eigenvalue weighted by Crippen LogP contribution is -2.17. The summed E-state index contributed by atoms with van der Waals surface area (Å²) in [5, 5.41) is 4.37. The molecule has 26 heavy (non-hydrogen) atoms. The highest BCUT2D eigenvalue weighted by atomic mass is 35.5. The van der Waals surface area contributed by atoms with Gasteiger partial charge in [0.05, 0.1) is 16.8 Å². The Morgan fingerprint density at radius 1 is 1.00 bits per heavy atom. The smallest absolute Gasteiger partial charge is 0.272 e. The van der Waals surface area contributed by atoms with Crippen LogP contribution in [0.15, 0.2) is 84.0 Å². The summed E-state index contributed by atoms with van der Waals surface area (Å²) in [7, 11) is 0. The minimum absolute atomic E-state index is 0.358. The van der Waals surface area contributed by atoms with E-state index in [1.165, 1.54) is 0 Å². The molecule has 4 nitrogen and oxygen atoms in total. The molecule has 1 N–H and O–H groups in total. The zero-order chi connectivity index (χ0) is 18.2. The average Bonchev–Trinajstić information content (AvgIpc) is 2.68. The van der Waals surface area contributed by atoms with Crippen LogP contribution in [0.25, 0.3) is 0 Å².